The maximum atomic E-state index is 11.5. The van der Waals surface area contributed by atoms with E-state index in [1.165, 1.54) is 31.4 Å². The van der Waals surface area contributed by atoms with Gasteiger partial charge in [-0.05, 0) is 23.8 Å². The van der Waals surface area contributed by atoms with E-state index in [4.69, 9.17) is 4.74 Å². The van der Waals surface area contributed by atoms with Gasteiger partial charge in [-0.2, -0.15) is 0 Å². The Hall–Kier alpha value is -2.88. The number of H-pyrrole nitrogens is 2. The van der Waals surface area contributed by atoms with Gasteiger partial charge >= 0.3 is 16.9 Å². The first-order chi connectivity index (χ1) is 10.8. The first kappa shape index (κ1) is 16.5. The summed E-state index contributed by atoms with van der Waals surface area (Å²) in [5.41, 5.74) is -2.47. The number of rotatable bonds is 4. The number of nitro groups is 1. The van der Waals surface area contributed by atoms with Gasteiger partial charge < -0.3 is 14.8 Å². The van der Waals surface area contributed by atoms with E-state index in [1.54, 1.807) is 4.98 Å². The Labute approximate surface area is 136 Å². The Morgan fingerprint density at radius 3 is 2.61 bits per heavy atom. The van der Waals surface area contributed by atoms with Gasteiger partial charge in [0.1, 0.15) is 5.69 Å². The lowest BCUT2D eigenvalue weighted by molar-refractivity contribution is -0.386. The quantitative estimate of drug-likeness (QED) is 0.541. The van der Waals surface area contributed by atoms with Crippen molar-refractivity contribution in [3.05, 3.63) is 58.8 Å². The largest absolute Gasteiger partial charge is 0.504 e. The van der Waals surface area contributed by atoms with Crippen molar-refractivity contribution in [2.45, 2.75) is 0 Å². The van der Waals surface area contributed by atoms with E-state index >= 15 is 0 Å². The van der Waals surface area contributed by atoms with Gasteiger partial charge in [0.05, 0.1) is 12.0 Å². The summed E-state index contributed by atoms with van der Waals surface area (Å²) in [5.74, 6) is 0.105. The molecule has 0 unspecified atom stereocenters. The molecule has 0 atom stereocenters. The van der Waals surface area contributed by atoms with E-state index in [0.29, 0.717) is 10.0 Å². The molecule has 0 aliphatic carbocycles. The molecule has 1 heterocycles. The SMILES string of the molecule is COc1cc(/C=C/c2[nH]c(=O)[nH]c(=O)c2[N+](=O)[O-])c(Br)cc1O. The minimum absolute atomic E-state index is 0.0907. The van der Waals surface area contributed by atoms with E-state index in [2.05, 4.69) is 20.9 Å². The van der Waals surface area contributed by atoms with Crippen LogP contribution in [0.25, 0.3) is 12.2 Å². The molecule has 120 valence electrons. The second-order valence-electron chi connectivity index (χ2n) is 4.31. The highest BCUT2D eigenvalue weighted by atomic mass is 79.9. The number of hydrogen-bond acceptors (Lipinski definition) is 6. The normalized spacial score (nSPS) is 10.9. The van der Waals surface area contributed by atoms with Gasteiger partial charge in [-0.25, -0.2) is 4.79 Å². The summed E-state index contributed by atoms with van der Waals surface area (Å²) >= 11 is 3.22. The van der Waals surface area contributed by atoms with Crippen molar-refractivity contribution < 1.29 is 14.8 Å². The zero-order valence-corrected chi connectivity index (χ0v) is 13.2. The molecule has 10 heteroatoms. The summed E-state index contributed by atoms with van der Waals surface area (Å²) in [6.45, 7) is 0. The number of benzene rings is 1. The molecule has 0 saturated carbocycles. The number of nitrogens with one attached hydrogen (secondary N) is 2. The molecule has 0 fully saturated rings. The molecule has 1 aromatic heterocycles. The van der Waals surface area contributed by atoms with E-state index in [9.17, 15) is 24.8 Å². The zero-order valence-electron chi connectivity index (χ0n) is 11.6. The lowest BCUT2D eigenvalue weighted by Crippen LogP contribution is -2.25. The Bertz CT molecular complexity index is 915. The number of halogens is 1. The number of phenolic OH excluding ortho intramolecular Hbond substituents is 1. The molecule has 23 heavy (non-hydrogen) atoms. The van der Waals surface area contributed by atoms with Crippen molar-refractivity contribution in [2.24, 2.45) is 0 Å². The van der Waals surface area contributed by atoms with Gasteiger partial charge in [0.25, 0.3) is 0 Å². The first-order valence-electron chi connectivity index (χ1n) is 6.09. The average Bonchev–Trinajstić information content (AvgIpc) is 2.45. The fourth-order valence-corrected chi connectivity index (χ4v) is 2.29. The molecule has 9 nitrogen and oxygen atoms in total. The molecule has 0 bridgehead atoms. The maximum Gasteiger partial charge on any atom is 0.357 e. The Kier molecular flexibility index (Phi) is 4.65. The topological polar surface area (TPSA) is 138 Å². The van der Waals surface area contributed by atoms with Gasteiger partial charge in [0.15, 0.2) is 11.5 Å². The van der Waals surface area contributed by atoms with Crippen molar-refractivity contribution >= 4 is 33.8 Å². The van der Waals surface area contributed by atoms with E-state index in [-0.39, 0.29) is 17.2 Å². The molecule has 2 aromatic rings. The summed E-state index contributed by atoms with van der Waals surface area (Å²) in [6, 6.07) is 2.86. The molecule has 2 rings (SSSR count). The summed E-state index contributed by atoms with van der Waals surface area (Å²) in [7, 11) is 1.37. The maximum absolute atomic E-state index is 11.5. The van der Waals surface area contributed by atoms with E-state index in [1.807, 2.05) is 0 Å². The van der Waals surface area contributed by atoms with Crippen LogP contribution in [0.1, 0.15) is 11.3 Å². The van der Waals surface area contributed by atoms with Crippen LogP contribution in [0.15, 0.2) is 26.2 Å². The second kappa shape index (κ2) is 6.48. The van der Waals surface area contributed by atoms with Crippen LogP contribution < -0.4 is 16.0 Å². The van der Waals surface area contributed by atoms with Crippen LogP contribution in [0.4, 0.5) is 5.69 Å². The molecule has 0 aliphatic rings. The minimum Gasteiger partial charge on any atom is -0.504 e. The van der Waals surface area contributed by atoms with E-state index in [0.717, 1.165) is 0 Å². The number of aromatic nitrogens is 2. The fourth-order valence-electron chi connectivity index (χ4n) is 1.82. The lowest BCUT2D eigenvalue weighted by Gasteiger charge is -2.06. The van der Waals surface area contributed by atoms with Crippen LogP contribution in [-0.2, 0) is 0 Å². The number of hydrogen-bond donors (Lipinski definition) is 3. The Morgan fingerprint density at radius 1 is 1.30 bits per heavy atom. The molecule has 0 amide bonds. The van der Waals surface area contributed by atoms with Crippen molar-refractivity contribution in [1.82, 2.24) is 9.97 Å². The number of aromatic amines is 2. The van der Waals surface area contributed by atoms with Crippen molar-refractivity contribution in [3.63, 3.8) is 0 Å². The van der Waals surface area contributed by atoms with Crippen molar-refractivity contribution in [3.8, 4) is 11.5 Å². The highest BCUT2D eigenvalue weighted by Crippen LogP contribution is 2.33. The van der Waals surface area contributed by atoms with Gasteiger partial charge in [0.2, 0.25) is 0 Å². The average molecular weight is 384 g/mol. The monoisotopic (exact) mass is 383 g/mol. The summed E-state index contributed by atoms with van der Waals surface area (Å²) < 4.78 is 5.45. The summed E-state index contributed by atoms with van der Waals surface area (Å²) in [6.07, 6.45) is 2.63. The van der Waals surface area contributed by atoms with Crippen LogP contribution in [-0.4, -0.2) is 27.1 Å². The van der Waals surface area contributed by atoms with Crippen molar-refractivity contribution in [1.29, 1.82) is 0 Å². The molecule has 0 spiro atoms. The molecular weight excluding hydrogens is 374 g/mol. The third-order valence-corrected chi connectivity index (χ3v) is 3.54. The summed E-state index contributed by atoms with van der Waals surface area (Å²) in [5, 5.41) is 20.6. The smallest absolute Gasteiger partial charge is 0.357 e. The third kappa shape index (κ3) is 3.48. The van der Waals surface area contributed by atoms with Crippen LogP contribution in [0.2, 0.25) is 0 Å². The highest BCUT2D eigenvalue weighted by Gasteiger charge is 2.19. The Balaban J connectivity index is 2.56. The number of ether oxygens (including phenoxy) is 1. The summed E-state index contributed by atoms with van der Waals surface area (Å²) in [4.78, 5) is 36.8. The van der Waals surface area contributed by atoms with Gasteiger partial charge in [-0.1, -0.05) is 22.0 Å². The van der Waals surface area contributed by atoms with Crippen LogP contribution in [0, 0.1) is 10.1 Å². The molecule has 0 aliphatic heterocycles. The molecule has 3 N–H and O–H groups in total. The van der Waals surface area contributed by atoms with Crippen molar-refractivity contribution in [2.75, 3.05) is 7.11 Å². The fraction of sp³-hybridized carbons (Fsp3) is 0.0769. The number of nitrogens with zero attached hydrogens (tertiary/aromatic N) is 1. The molecular formula is C13H10BrN3O6. The standard InChI is InChI=1S/C13H10BrN3O6/c1-23-10-4-6(7(14)5-9(10)18)2-3-8-11(17(21)22)12(19)16-13(20)15-8/h2-5,18H,1H3,(H2,15,16,19,20)/b3-2+. The number of phenols is 1. The van der Waals surface area contributed by atoms with Crippen LogP contribution in [0.3, 0.4) is 0 Å². The molecule has 0 saturated heterocycles. The zero-order chi connectivity index (χ0) is 17.1. The predicted octanol–water partition coefficient (Wildman–Crippen LogP) is 1.62. The minimum atomic E-state index is -1.10. The molecule has 1 aromatic carbocycles. The van der Waals surface area contributed by atoms with E-state index < -0.39 is 21.9 Å². The van der Waals surface area contributed by atoms with Crippen LogP contribution >= 0.6 is 15.9 Å². The van der Waals surface area contributed by atoms with Gasteiger partial charge in [-0.15, -0.1) is 0 Å². The Morgan fingerprint density at radius 2 is 2.00 bits per heavy atom. The third-order valence-electron chi connectivity index (χ3n) is 2.86. The lowest BCUT2D eigenvalue weighted by atomic mass is 10.1. The highest BCUT2D eigenvalue weighted by molar-refractivity contribution is 9.10. The predicted molar refractivity (Wildman–Crippen MR) is 85.6 cm³/mol. The number of aromatic hydroxyl groups is 1. The second-order valence-corrected chi connectivity index (χ2v) is 5.16. The van der Waals surface area contributed by atoms with Crippen LogP contribution in [0.5, 0.6) is 11.5 Å². The number of methoxy groups -OCH3 is 1. The van der Waals surface area contributed by atoms with Gasteiger partial charge in [0, 0.05) is 4.47 Å². The first-order valence-corrected chi connectivity index (χ1v) is 6.88. The van der Waals surface area contributed by atoms with Gasteiger partial charge in [-0.3, -0.25) is 19.9 Å². The molecule has 0 radical (unpaired) electrons.